The van der Waals surface area contributed by atoms with Crippen molar-refractivity contribution in [1.82, 2.24) is 14.9 Å². The minimum absolute atomic E-state index is 0.0642. The molecular weight excluding hydrogens is 344 g/mol. The van der Waals surface area contributed by atoms with Crippen LogP contribution in [-0.2, 0) is 16.1 Å². The lowest BCUT2D eigenvalue weighted by molar-refractivity contribution is -0.149. The third-order valence-corrected chi connectivity index (χ3v) is 4.09. The van der Waals surface area contributed by atoms with Crippen molar-refractivity contribution >= 4 is 11.9 Å². The summed E-state index contributed by atoms with van der Waals surface area (Å²) in [5.41, 5.74) is 0.418. The number of nitrogens with one attached hydrogen (secondary N) is 1. The molecular formula is C18H21F2N3O3. The fourth-order valence-electron chi connectivity index (χ4n) is 2.34. The number of rotatable bonds is 8. The summed E-state index contributed by atoms with van der Waals surface area (Å²) in [6.07, 6.45) is 2.94. The molecule has 0 fully saturated rings. The topological polar surface area (TPSA) is 73.2 Å². The van der Waals surface area contributed by atoms with Crippen molar-refractivity contribution in [2.24, 2.45) is 5.92 Å². The Balaban J connectivity index is 2.05. The van der Waals surface area contributed by atoms with Crippen LogP contribution < -0.4 is 5.32 Å². The smallest absolute Gasteiger partial charge is 0.329 e. The van der Waals surface area contributed by atoms with Crippen LogP contribution in [0.5, 0.6) is 0 Å². The Morgan fingerprint density at radius 1 is 1.27 bits per heavy atom. The molecule has 1 amide bonds. The fourth-order valence-corrected chi connectivity index (χ4v) is 2.34. The van der Waals surface area contributed by atoms with Crippen molar-refractivity contribution in [3.8, 4) is 0 Å². The molecule has 0 aliphatic carbocycles. The van der Waals surface area contributed by atoms with Gasteiger partial charge in [0, 0.05) is 18.0 Å². The standard InChI is InChI=1S/C18H21F2N3O3/c1-3-12(2)15(22-16(24)13-7-5-4-6-8-13)17(25)26-11-14-21-9-10-23(14)18(19)20/h4-10,12,15,18H,3,11H2,1-2H3,(H,22,24). The van der Waals surface area contributed by atoms with Crippen LogP contribution in [-0.4, -0.2) is 27.5 Å². The second-order valence-electron chi connectivity index (χ2n) is 5.84. The van der Waals surface area contributed by atoms with E-state index in [0.717, 1.165) is 6.20 Å². The van der Waals surface area contributed by atoms with Gasteiger partial charge < -0.3 is 10.1 Å². The summed E-state index contributed by atoms with van der Waals surface area (Å²) in [5.74, 6) is -1.34. The predicted molar refractivity (Wildman–Crippen MR) is 90.4 cm³/mol. The summed E-state index contributed by atoms with van der Waals surface area (Å²) in [6.45, 7) is 0.513. The lowest BCUT2D eigenvalue weighted by atomic mass is 9.99. The van der Waals surface area contributed by atoms with E-state index in [2.05, 4.69) is 10.3 Å². The van der Waals surface area contributed by atoms with Gasteiger partial charge in [-0.05, 0) is 18.1 Å². The van der Waals surface area contributed by atoms with Crippen molar-refractivity contribution in [2.45, 2.75) is 39.5 Å². The SMILES string of the molecule is CCC(C)C(NC(=O)c1ccccc1)C(=O)OCc1nccn1C(F)F. The second kappa shape index (κ2) is 9.07. The van der Waals surface area contributed by atoms with E-state index in [9.17, 15) is 18.4 Å². The van der Waals surface area contributed by atoms with Gasteiger partial charge in [0.1, 0.15) is 12.6 Å². The third-order valence-electron chi connectivity index (χ3n) is 4.09. The largest absolute Gasteiger partial charge is 0.456 e. The first-order valence-electron chi connectivity index (χ1n) is 8.26. The summed E-state index contributed by atoms with van der Waals surface area (Å²) in [4.78, 5) is 28.5. The van der Waals surface area contributed by atoms with Crippen LogP contribution in [0, 0.1) is 5.92 Å². The van der Waals surface area contributed by atoms with Crippen LogP contribution in [0.1, 0.15) is 43.0 Å². The fraction of sp³-hybridized carbons (Fsp3) is 0.389. The Morgan fingerprint density at radius 3 is 2.58 bits per heavy atom. The molecule has 1 aromatic carbocycles. The minimum atomic E-state index is -2.77. The van der Waals surface area contributed by atoms with Gasteiger partial charge in [0.05, 0.1) is 0 Å². The number of alkyl halides is 2. The number of nitrogens with zero attached hydrogens (tertiary/aromatic N) is 2. The van der Waals surface area contributed by atoms with Gasteiger partial charge in [0.15, 0.2) is 5.82 Å². The van der Waals surface area contributed by atoms with E-state index in [4.69, 9.17) is 4.74 Å². The number of carbonyl (C=O) groups is 2. The molecule has 0 saturated heterocycles. The summed E-state index contributed by atoms with van der Waals surface area (Å²) < 4.78 is 31.4. The number of imidazole rings is 1. The van der Waals surface area contributed by atoms with E-state index < -0.39 is 31.1 Å². The monoisotopic (exact) mass is 365 g/mol. The first kappa shape index (κ1) is 19.6. The zero-order valence-corrected chi connectivity index (χ0v) is 14.6. The van der Waals surface area contributed by atoms with E-state index in [1.54, 1.807) is 37.3 Å². The summed E-state index contributed by atoms with van der Waals surface area (Å²) in [6, 6.07) is 7.59. The first-order valence-corrected chi connectivity index (χ1v) is 8.26. The van der Waals surface area contributed by atoms with Crippen LogP contribution in [0.2, 0.25) is 0 Å². The number of aromatic nitrogens is 2. The molecule has 2 unspecified atom stereocenters. The molecule has 1 heterocycles. The number of carbonyl (C=O) groups excluding carboxylic acids is 2. The number of hydrogen-bond acceptors (Lipinski definition) is 4. The third kappa shape index (κ3) is 4.87. The van der Waals surface area contributed by atoms with Crippen molar-refractivity contribution < 1.29 is 23.1 Å². The van der Waals surface area contributed by atoms with E-state index >= 15 is 0 Å². The molecule has 2 aromatic rings. The lowest BCUT2D eigenvalue weighted by Gasteiger charge is -2.22. The Morgan fingerprint density at radius 2 is 1.96 bits per heavy atom. The Labute approximate surface area is 150 Å². The summed E-state index contributed by atoms with van der Waals surface area (Å²) in [5, 5.41) is 2.66. The number of ether oxygens (including phenoxy) is 1. The van der Waals surface area contributed by atoms with Crippen LogP contribution in [0.4, 0.5) is 8.78 Å². The number of amides is 1. The van der Waals surface area contributed by atoms with Gasteiger partial charge >= 0.3 is 12.5 Å². The van der Waals surface area contributed by atoms with Gasteiger partial charge in [-0.1, -0.05) is 38.5 Å². The van der Waals surface area contributed by atoms with Crippen molar-refractivity contribution in [3.63, 3.8) is 0 Å². The number of hydrogen-bond donors (Lipinski definition) is 1. The van der Waals surface area contributed by atoms with Gasteiger partial charge in [-0.25, -0.2) is 9.78 Å². The quantitative estimate of drug-likeness (QED) is 0.730. The van der Waals surface area contributed by atoms with Crippen molar-refractivity contribution in [2.75, 3.05) is 0 Å². The van der Waals surface area contributed by atoms with E-state index in [1.165, 1.54) is 6.20 Å². The highest BCUT2D eigenvalue weighted by Crippen LogP contribution is 2.15. The maximum atomic E-state index is 12.8. The van der Waals surface area contributed by atoms with Crippen LogP contribution in [0.3, 0.4) is 0 Å². The van der Waals surface area contributed by atoms with Gasteiger partial charge in [-0.15, -0.1) is 0 Å². The average Bonchev–Trinajstić information content (AvgIpc) is 3.13. The maximum absolute atomic E-state index is 12.8. The molecule has 140 valence electrons. The highest BCUT2D eigenvalue weighted by molar-refractivity contribution is 5.96. The normalized spacial score (nSPS) is 13.3. The van der Waals surface area contributed by atoms with Crippen LogP contribution in [0.25, 0.3) is 0 Å². The molecule has 1 aromatic heterocycles. The van der Waals surface area contributed by atoms with Crippen LogP contribution >= 0.6 is 0 Å². The molecule has 8 heteroatoms. The molecule has 2 rings (SSSR count). The molecule has 6 nitrogen and oxygen atoms in total. The molecule has 0 aliphatic rings. The molecule has 0 aliphatic heterocycles. The van der Waals surface area contributed by atoms with Crippen molar-refractivity contribution in [1.29, 1.82) is 0 Å². The molecule has 1 N–H and O–H groups in total. The van der Waals surface area contributed by atoms with Crippen molar-refractivity contribution in [3.05, 3.63) is 54.1 Å². The molecule has 26 heavy (non-hydrogen) atoms. The Hall–Kier alpha value is -2.77. The zero-order chi connectivity index (χ0) is 19.1. The predicted octanol–water partition coefficient (Wildman–Crippen LogP) is 3.17. The van der Waals surface area contributed by atoms with E-state index in [1.807, 2.05) is 6.92 Å². The highest BCUT2D eigenvalue weighted by Gasteiger charge is 2.28. The molecule has 0 radical (unpaired) electrons. The Bertz CT molecular complexity index is 734. The molecule has 0 bridgehead atoms. The highest BCUT2D eigenvalue weighted by atomic mass is 19.3. The first-order chi connectivity index (χ1) is 12.4. The second-order valence-corrected chi connectivity index (χ2v) is 5.84. The van der Waals surface area contributed by atoms with Gasteiger partial charge in [-0.3, -0.25) is 9.36 Å². The van der Waals surface area contributed by atoms with Gasteiger partial charge in [0.2, 0.25) is 0 Å². The van der Waals surface area contributed by atoms with Crippen LogP contribution in [0.15, 0.2) is 42.7 Å². The molecule has 2 atom stereocenters. The van der Waals surface area contributed by atoms with Gasteiger partial charge in [0.25, 0.3) is 5.91 Å². The van der Waals surface area contributed by atoms with E-state index in [0.29, 0.717) is 16.6 Å². The average molecular weight is 365 g/mol. The number of esters is 1. The minimum Gasteiger partial charge on any atom is -0.456 e. The summed E-state index contributed by atoms with van der Waals surface area (Å²) in [7, 11) is 0. The molecule has 0 spiro atoms. The Kier molecular flexibility index (Phi) is 6.82. The number of benzene rings is 1. The number of halogens is 2. The summed E-state index contributed by atoms with van der Waals surface area (Å²) >= 11 is 0. The van der Waals surface area contributed by atoms with E-state index in [-0.39, 0.29) is 11.7 Å². The zero-order valence-electron chi connectivity index (χ0n) is 14.6. The maximum Gasteiger partial charge on any atom is 0.329 e. The van der Waals surface area contributed by atoms with Gasteiger partial charge in [-0.2, -0.15) is 8.78 Å². The lowest BCUT2D eigenvalue weighted by Crippen LogP contribution is -2.46. The molecule has 0 saturated carbocycles.